The maximum absolute atomic E-state index is 2.66. The predicted molar refractivity (Wildman–Crippen MR) is 127 cm³/mol. The summed E-state index contributed by atoms with van der Waals surface area (Å²) in [5.74, 6) is 0. The van der Waals surface area contributed by atoms with Gasteiger partial charge in [0.05, 0.1) is 0 Å². The van der Waals surface area contributed by atoms with Gasteiger partial charge in [-0.25, -0.2) is 0 Å². The quantitative estimate of drug-likeness (QED) is 0.562. The lowest BCUT2D eigenvalue weighted by Gasteiger charge is -2.52. The molecular formula is C21H48B3N3. The molecule has 0 aromatic heterocycles. The summed E-state index contributed by atoms with van der Waals surface area (Å²) >= 11 is 0. The molecule has 1 heterocycles. The van der Waals surface area contributed by atoms with E-state index in [1.54, 1.807) is 0 Å². The third-order valence-electron chi connectivity index (χ3n) is 6.28. The summed E-state index contributed by atoms with van der Waals surface area (Å²) in [7, 11) is 7.06. The first kappa shape index (κ1) is 25.1. The Balaban J connectivity index is 3.00. The van der Waals surface area contributed by atoms with Gasteiger partial charge in [-0.2, -0.15) is 0 Å². The monoisotopic (exact) mass is 375 g/mol. The van der Waals surface area contributed by atoms with E-state index in [9.17, 15) is 0 Å². The first-order valence-corrected chi connectivity index (χ1v) is 11.2. The van der Waals surface area contributed by atoms with Gasteiger partial charge in [-0.1, -0.05) is 81.6 Å². The molecule has 0 spiro atoms. The minimum Gasteiger partial charge on any atom is -0.360 e. The largest absolute Gasteiger partial charge is 0.360 e. The van der Waals surface area contributed by atoms with E-state index < -0.39 is 0 Å². The summed E-state index contributed by atoms with van der Waals surface area (Å²) in [4.78, 5) is 0. The van der Waals surface area contributed by atoms with E-state index in [4.69, 9.17) is 0 Å². The molecule has 0 aliphatic carbocycles. The predicted octanol–water partition coefficient (Wildman–Crippen LogP) is 5.57. The Labute approximate surface area is 173 Å². The number of hydrogen-bond donors (Lipinski definition) is 0. The van der Waals surface area contributed by atoms with Crippen molar-refractivity contribution in [2.75, 3.05) is 21.1 Å². The first-order valence-electron chi connectivity index (χ1n) is 11.2. The van der Waals surface area contributed by atoms with Crippen molar-refractivity contribution in [2.24, 2.45) is 16.2 Å². The summed E-state index contributed by atoms with van der Waals surface area (Å²) in [5.41, 5.74) is 1.19. The highest BCUT2D eigenvalue weighted by Crippen LogP contribution is 2.32. The van der Waals surface area contributed by atoms with Gasteiger partial charge < -0.3 is 14.2 Å². The molecule has 1 fully saturated rings. The van der Waals surface area contributed by atoms with Gasteiger partial charge in [-0.15, -0.1) is 0 Å². The van der Waals surface area contributed by atoms with Gasteiger partial charge in [0, 0.05) is 0 Å². The topological polar surface area (TPSA) is 9.72 Å². The smallest absolute Gasteiger partial charge is 0.289 e. The highest BCUT2D eigenvalue weighted by Gasteiger charge is 2.47. The summed E-state index contributed by atoms with van der Waals surface area (Å²) in [5, 5.41) is 0. The average molecular weight is 375 g/mol. The summed E-state index contributed by atoms with van der Waals surface area (Å²) in [6.45, 7) is 23.0. The van der Waals surface area contributed by atoms with Crippen LogP contribution in [0, 0.1) is 16.2 Å². The molecule has 0 saturated carbocycles. The highest BCUT2D eigenvalue weighted by atomic mass is 15.3. The summed E-state index contributed by atoms with van der Waals surface area (Å²) in [6.07, 6.45) is 7.57. The van der Waals surface area contributed by atoms with Crippen molar-refractivity contribution in [3.05, 3.63) is 0 Å². The molecule has 0 unspecified atom stereocenters. The minimum atomic E-state index is 0.396. The van der Waals surface area contributed by atoms with Gasteiger partial charge in [-0.05, 0) is 56.3 Å². The van der Waals surface area contributed by atoms with Crippen molar-refractivity contribution in [1.82, 2.24) is 14.2 Å². The van der Waals surface area contributed by atoms with Crippen LogP contribution < -0.4 is 0 Å². The van der Waals surface area contributed by atoms with E-state index in [0.717, 1.165) is 0 Å². The van der Waals surface area contributed by atoms with Crippen LogP contribution >= 0.6 is 0 Å². The number of nitrogens with zero attached hydrogens (tertiary/aromatic N) is 3. The van der Waals surface area contributed by atoms with Crippen LogP contribution in [0.2, 0.25) is 19.0 Å². The zero-order chi connectivity index (χ0) is 21.2. The molecule has 0 aromatic carbocycles. The molecule has 0 radical (unpaired) electrons. The van der Waals surface area contributed by atoms with Gasteiger partial charge in [0.2, 0.25) is 0 Å². The molecule has 0 bridgehead atoms. The SMILES string of the molecule is CN1B(CCC(C)(C)C)N(C)B(CCC(C)(C)C)N(C)B1CCC(C)(C)C. The molecule has 27 heavy (non-hydrogen) atoms. The zero-order valence-electron chi connectivity index (χ0n) is 20.8. The Morgan fingerprint density at radius 3 is 0.778 bits per heavy atom. The van der Waals surface area contributed by atoms with Gasteiger partial charge in [0.15, 0.2) is 0 Å². The molecule has 0 amide bonds. The first-order chi connectivity index (χ1) is 12.0. The molecule has 0 aromatic rings. The van der Waals surface area contributed by atoms with Crippen molar-refractivity contribution in [1.29, 1.82) is 0 Å². The lowest BCUT2D eigenvalue weighted by Crippen LogP contribution is -2.74. The second-order valence-corrected chi connectivity index (χ2v) is 12.7. The minimum absolute atomic E-state index is 0.396. The van der Waals surface area contributed by atoms with Crippen LogP contribution in [0.15, 0.2) is 0 Å². The maximum atomic E-state index is 2.66. The fraction of sp³-hybridized carbons (Fsp3) is 1.00. The van der Waals surface area contributed by atoms with Crippen LogP contribution in [-0.4, -0.2) is 56.3 Å². The Morgan fingerprint density at radius 2 is 0.630 bits per heavy atom. The van der Waals surface area contributed by atoms with Crippen molar-refractivity contribution in [3.63, 3.8) is 0 Å². The van der Waals surface area contributed by atoms with E-state index in [1.165, 1.54) is 38.2 Å². The van der Waals surface area contributed by atoms with Crippen LogP contribution in [-0.2, 0) is 0 Å². The highest BCUT2D eigenvalue weighted by molar-refractivity contribution is 6.85. The Bertz CT molecular complexity index is 372. The average Bonchev–Trinajstić information content (AvgIpc) is 2.43. The molecular weight excluding hydrogens is 327 g/mol. The van der Waals surface area contributed by atoms with Crippen molar-refractivity contribution >= 4 is 20.9 Å². The van der Waals surface area contributed by atoms with Gasteiger partial charge in [0.1, 0.15) is 0 Å². The molecule has 1 saturated heterocycles. The Kier molecular flexibility index (Phi) is 8.61. The van der Waals surface area contributed by atoms with E-state index >= 15 is 0 Å². The van der Waals surface area contributed by atoms with Gasteiger partial charge >= 0.3 is 0 Å². The van der Waals surface area contributed by atoms with Crippen molar-refractivity contribution in [3.8, 4) is 0 Å². The molecule has 156 valence electrons. The zero-order valence-corrected chi connectivity index (χ0v) is 20.8. The normalized spacial score (nSPS) is 19.3. The third kappa shape index (κ3) is 8.54. The lowest BCUT2D eigenvalue weighted by molar-refractivity contribution is 0.374. The van der Waals surface area contributed by atoms with Crippen molar-refractivity contribution in [2.45, 2.75) is 101 Å². The Hall–Kier alpha value is 0.0748. The fourth-order valence-corrected chi connectivity index (χ4v) is 4.37. The summed E-state index contributed by atoms with van der Waals surface area (Å²) < 4.78 is 7.97. The third-order valence-corrected chi connectivity index (χ3v) is 6.28. The molecule has 1 aliphatic rings. The van der Waals surface area contributed by atoms with E-state index in [-0.39, 0.29) is 0 Å². The van der Waals surface area contributed by atoms with Crippen LogP contribution in [0.4, 0.5) is 0 Å². The van der Waals surface area contributed by atoms with E-state index in [2.05, 4.69) is 97.6 Å². The van der Waals surface area contributed by atoms with Crippen LogP contribution in [0.25, 0.3) is 0 Å². The molecule has 0 atom stereocenters. The van der Waals surface area contributed by atoms with Crippen LogP contribution in [0.3, 0.4) is 0 Å². The summed E-state index contributed by atoms with van der Waals surface area (Å²) in [6, 6.07) is 0. The van der Waals surface area contributed by atoms with Gasteiger partial charge in [-0.3, -0.25) is 0 Å². The number of rotatable bonds is 6. The molecule has 3 nitrogen and oxygen atoms in total. The standard InChI is InChI=1S/C21H48B3N3/c1-19(2,3)13-16-22-25(10)23(17-14-20(4,5)6)27(12)24(26(22)11)18-15-21(7,8)9/h13-18H2,1-12H3. The fourth-order valence-electron chi connectivity index (χ4n) is 4.37. The van der Waals surface area contributed by atoms with Crippen molar-refractivity contribution < 1.29 is 0 Å². The van der Waals surface area contributed by atoms with Crippen LogP contribution in [0.1, 0.15) is 81.6 Å². The maximum Gasteiger partial charge on any atom is 0.289 e. The Morgan fingerprint density at radius 1 is 0.444 bits per heavy atom. The lowest BCUT2D eigenvalue weighted by atomic mass is 9.39. The van der Waals surface area contributed by atoms with Gasteiger partial charge in [0.25, 0.3) is 20.9 Å². The molecule has 1 aliphatic heterocycles. The molecule has 6 heteroatoms. The van der Waals surface area contributed by atoms with Crippen LogP contribution in [0.5, 0.6) is 0 Å². The second-order valence-electron chi connectivity index (χ2n) is 12.7. The second kappa shape index (κ2) is 9.26. The molecule has 0 N–H and O–H groups in total. The number of hydrogen-bond acceptors (Lipinski definition) is 3. The molecule has 1 rings (SSSR count). The van der Waals surface area contributed by atoms with E-state index in [0.29, 0.717) is 37.2 Å². The van der Waals surface area contributed by atoms with E-state index in [1.807, 2.05) is 0 Å².